The first kappa shape index (κ1) is 15.7. The molecule has 0 unspecified atom stereocenters. The Morgan fingerprint density at radius 2 is 2.15 bits per heavy atom. The molecule has 0 aliphatic carbocycles. The van der Waals surface area contributed by atoms with Crippen LogP contribution in [0.1, 0.15) is 23.1 Å². The van der Waals surface area contributed by atoms with E-state index < -0.39 is 0 Å². The zero-order valence-electron chi connectivity index (χ0n) is 11.5. The maximum atomic E-state index is 6.21. The minimum Gasteiger partial charge on any atom is -0.492 e. The summed E-state index contributed by atoms with van der Waals surface area (Å²) in [5.74, 6) is 0.744. The highest BCUT2D eigenvalue weighted by Gasteiger charge is 2.05. The molecule has 1 heterocycles. The van der Waals surface area contributed by atoms with Crippen LogP contribution in [0.5, 0.6) is 5.75 Å². The van der Waals surface area contributed by atoms with Crippen molar-refractivity contribution >= 4 is 44.6 Å². The SMILES string of the molecule is CCCOc1ccc(NCc2cc(Br)c(C)s2)cc1Cl. The maximum absolute atomic E-state index is 6.21. The summed E-state index contributed by atoms with van der Waals surface area (Å²) in [6.45, 7) is 5.66. The number of hydrogen-bond acceptors (Lipinski definition) is 3. The van der Waals surface area contributed by atoms with Crippen molar-refractivity contribution in [1.29, 1.82) is 0 Å². The van der Waals surface area contributed by atoms with Crippen LogP contribution in [0.4, 0.5) is 5.69 Å². The van der Waals surface area contributed by atoms with Gasteiger partial charge in [0.05, 0.1) is 11.6 Å². The first-order chi connectivity index (χ1) is 9.60. The van der Waals surface area contributed by atoms with E-state index in [-0.39, 0.29) is 0 Å². The number of halogens is 2. The normalized spacial score (nSPS) is 10.6. The van der Waals surface area contributed by atoms with Gasteiger partial charge in [0.25, 0.3) is 0 Å². The third kappa shape index (κ3) is 4.14. The number of hydrogen-bond donors (Lipinski definition) is 1. The molecule has 20 heavy (non-hydrogen) atoms. The van der Waals surface area contributed by atoms with Gasteiger partial charge >= 0.3 is 0 Å². The zero-order valence-corrected chi connectivity index (χ0v) is 14.7. The molecule has 5 heteroatoms. The molecule has 0 saturated heterocycles. The van der Waals surface area contributed by atoms with Crippen molar-refractivity contribution in [2.24, 2.45) is 0 Å². The third-order valence-corrected chi connectivity index (χ3v) is 5.20. The lowest BCUT2D eigenvalue weighted by atomic mass is 10.3. The lowest BCUT2D eigenvalue weighted by Crippen LogP contribution is -1.99. The van der Waals surface area contributed by atoms with Gasteiger partial charge in [0.1, 0.15) is 5.75 Å². The molecule has 2 nitrogen and oxygen atoms in total. The molecule has 0 radical (unpaired) electrons. The van der Waals surface area contributed by atoms with Crippen molar-refractivity contribution in [3.05, 3.63) is 43.5 Å². The average molecular weight is 375 g/mol. The lowest BCUT2D eigenvalue weighted by Gasteiger charge is -2.10. The molecule has 2 rings (SSSR count). The summed E-state index contributed by atoms with van der Waals surface area (Å²) >= 11 is 11.5. The van der Waals surface area contributed by atoms with Crippen LogP contribution in [0.25, 0.3) is 0 Å². The zero-order chi connectivity index (χ0) is 14.5. The van der Waals surface area contributed by atoms with Gasteiger partial charge in [-0.2, -0.15) is 0 Å². The number of anilines is 1. The van der Waals surface area contributed by atoms with Crippen molar-refractivity contribution in [3.8, 4) is 5.75 Å². The van der Waals surface area contributed by atoms with Crippen molar-refractivity contribution in [2.75, 3.05) is 11.9 Å². The Labute approximate surface area is 137 Å². The molecule has 0 fully saturated rings. The molecule has 0 bridgehead atoms. The molecule has 0 aliphatic rings. The topological polar surface area (TPSA) is 21.3 Å². The maximum Gasteiger partial charge on any atom is 0.138 e. The first-order valence-electron chi connectivity index (χ1n) is 6.51. The number of rotatable bonds is 6. The number of nitrogens with one attached hydrogen (secondary N) is 1. The molecule has 0 spiro atoms. The Bertz CT molecular complexity index is 566. The van der Waals surface area contributed by atoms with Crippen molar-refractivity contribution in [3.63, 3.8) is 0 Å². The second-order valence-electron chi connectivity index (χ2n) is 4.46. The van der Waals surface area contributed by atoms with Crippen LogP contribution in [-0.2, 0) is 6.54 Å². The Morgan fingerprint density at radius 3 is 2.75 bits per heavy atom. The van der Waals surface area contributed by atoms with Crippen LogP contribution >= 0.6 is 38.9 Å². The van der Waals surface area contributed by atoms with E-state index in [1.165, 1.54) is 14.2 Å². The predicted octanol–water partition coefficient (Wildman–Crippen LogP) is 5.87. The highest BCUT2D eigenvalue weighted by molar-refractivity contribution is 9.10. The average Bonchev–Trinajstić information content (AvgIpc) is 2.74. The molecule has 0 saturated carbocycles. The smallest absolute Gasteiger partial charge is 0.138 e. The molecular weight excluding hydrogens is 358 g/mol. The van der Waals surface area contributed by atoms with Gasteiger partial charge in [-0.15, -0.1) is 11.3 Å². The number of thiophene rings is 1. The van der Waals surface area contributed by atoms with Gasteiger partial charge < -0.3 is 10.1 Å². The van der Waals surface area contributed by atoms with Gasteiger partial charge in [0.2, 0.25) is 0 Å². The minimum absolute atomic E-state index is 0.645. The van der Waals surface area contributed by atoms with E-state index in [4.69, 9.17) is 16.3 Å². The molecule has 1 aromatic heterocycles. The molecule has 2 aromatic rings. The largest absolute Gasteiger partial charge is 0.492 e. The van der Waals surface area contributed by atoms with E-state index in [0.717, 1.165) is 24.4 Å². The van der Waals surface area contributed by atoms with E-state index in [0.29, 0.717) is 11.6 Å². The Balaban J connectivity index is 1.98. The van der Waals surface area contributed by atoms with Crippen molar-refractivity contribution in [2.45, 2.75) is 26.8 Å². The number of benzene rings is 1. The fraction of sp³-hybridized carbons (Fsp3) is 0.333. The Hall–Kier alpha value is -0.710. The minimum atomic E-state index is 0.645. The summed E-state index contributed by atoms with van der Waals surface area (Å²) in [5, 5.41) is 4.02. The molecule has 1 aromatic carbocycles. The van der Waals surface area contributed by atoms with Gasteiger partial charge in [-0.25, -0.2) is 0 Å². The molecular formula is C15H17BrClNOS. The number of aryl methyl sites for hydroxylation is 1. The van der Waals surface area contributed by atoms with Crippen molar-refractivity contribution < 1.29 is 4.74 Å². The number of ether oxygens (including phenoxy) is 1. The molecule has 1 N–H and O–H groups in total. The van der Waals surface area contributed by atoms with E-state index in [1.807, 2.05) is 18.2 Å². The van der Waals surface area contributed by atoms with Gasteiger partial charge in [0, 0.05) is 26.5 Å². The lowest BCUT2D eigenvalue weighted by molar-refractivity contribution is 0.317. The highest BCUT2D eigenvalue weighted by atomic mass is 79.9. The summed E-state index contributed by atoms with van der Waals surface area (Å²) in [6, 6.07) is 7.96. The summed E-state index contributed by atoms with van der Waals surface area (Å²) in [7, 11) is 0. The monoisotopic (exact) mass is 373 g/mol. The van der Waals surface area contributed by atoms with Crippen LogP contribution in [0.3, 0.4) is 0 Å². The van der Waals surface area contributed by atoms with Crippen LogP contribution in [0.2, 0.25) is 5.02 Å². The second-order valence-corrected chi connectivity index (χ2v) is 7.07. The third-order valence-electron chi connectivity index (χ3n) is 2.77. The molecule has 108 valence electrons. The highest BCUT2D eigenvalue weighted by Crippen LogP contribution is 2.30. The summed E-state index contributed by atoms with van der Waals surface area (Å²) in [5.41, 5.74) is 1.00. The fourth-order valence-corrected chi connectivity index (χ4v) is 3.51. The Kier molecular flexibility index (Phi) is 5.75. The summed E-state index contributed by atoms with van der Waals surface area (Å²) < 4.78 is 6.73. The van der Waals surface area contributed by atoms with E-state index >= 15 is 0 Å². The first-order valence-corrected chi connectivity index (χ1v) is 8.50. The summed E-state index contributed by atoms with van der Waals surface area (Å²) in [6.07, 6.45) is 0.975. The quantitative estimate of drug-likeness (QED) is 0.682. The second kappa shape index (κ2) is 7.34. The van der Waals surface area contributed by atoms with Gasteiger partial charge in [-0.1, -0.05) is 18.5 Å². The van der Waals surface area contributed by atoms with E-state index in [2.05, 4.69) is 41.2 Å². The van der Waals surface area contributed by atoms with Crippen LogP contribution in [0, 0.1) is 6.92 Å². The van der Waals surface area contributed by atoms with Crippen LogP contribution in [-0.4, -0.2) is 6.61 Å². The summed E-state index contributed by atoms with van der Waals surface area (Å²) in [4.78, 5) is 2.58. The van der Waals surface area contributed by atoms with Gasteiger partial charge in [0.15, 0.2) is 0 Å². The Morgan fingerprint density at radius 1 is 1.35 bits per heavy atom. The van der Waals surface area contributed by atoms with E-state index in [1.54, 1.807) is 11.3 Å². The van der Waals surface area contributed by atoms with Gasteiger partial charge in [-0.05, 0) is 53.5 Å². The standard InChI is InChI=1S/C15H17BrClNOS/c1-3-6-19-15-5-4-11(7-14(15)17)18-9-12-8-13(16)10(2)20-12/h4-5,7-8,18H,3,6,9H2,1-2H3. The molecule has 0 aliphatic heterocycles. The van der Waals surface area contributed by atoms with Crippen LogP contribution in [0.15, 0.2) is 28.7 Å². The predicted molar refractivity (Wildman–Crippen MR) is 91.3 cm³/mol. The fourth-order valence-electron chi connectivity index (χ4n) is 1.73. The van der Waals surface area contributed by atoms with Crippen molar-refractivity contribution in [1.82, 2.24) is 0 Å². The molecule has 0 atom stereocenters. The van der Waals surface area contributed by atoms with E-state index in [9.17, 15) is 0 Å². The van der Waals surface area contributed by atoms with Crippen LogP contribution < -0.4 is 10.1 Å². The van der Waals surface area contributed by atoms with Gasteiger partial charge in [-0.3, -0.25) is 0 Å². The molecule has 0 amide bonds.